The van der Waals surface area contributed by atoms with Gasteiger partial charge in [-0.25, -0.2) is 4.98 Å². The molecule has 0 spiro atoms. The van der Waals surface area contributed by atoms with Crippen LogP contribution in [0.1, 0.15) is 44.6 Å². The maximum Gasteiger partial charge on any atom is 0.227 e. The Labute approximate surface area is 197 Å². The fourth-order valence-corrected chi connectivity index (χ4v) is 6.17. The minimum atomic E-state index is -1.09. The van der Waals surface area contributed by atoms with Gasteiger partial charge in [0.05, 0.1) is 25.0 Å². The van der Waals surface area contributed by atoms with E-state index in [4.69, 9.17) is 14.4 Å². The molecule has 0 amide bonds. The van der Waals surface area contributed by atoms with Crippen LogP contribution in [0, 0.1) is 11.8 Å². The summed E-state index contributed by atoms with van der Waals surface area (Å²) in [5.74, 6) is 3.49. The molecule has 0 aromatic carbocycles. The van der Waals surface area contributed by atoms with E-state index in [-0.39, 0.29) is 18.6 Å². The van der Waals surface area contributed by atoms with E-state index in [2.05, 4.69) is 34.6 Å². The Morgan fingerprint density at radius 1 is 1.33 bits per heavy atom. The van der Waals surface area contributed by atoms with E-state index < -0.39 is 11.2 Å². The summed E-state index contributed by atoms with van der Waals surface area (Å²) in [6, 6.07) is 4.03. The van der Waals surface area contributed by atoms with Crippen LogP contribution >= 0.6 is 0 Å². The number of fused-ring (bicyclic) bond motifs is 1. The van der Waals surface area contributed by atoms with Crippen molar-refractivity contribution in [1.29, 1.82) is 0 Å². The molecule has 5 heterocycles. The van der Waals surface area contributed by atoms with Gasteiger partial charge in [0.1, 0.15) is 22.9 Å². The molecule has 1 saturated heterocycles. The standard InChI is InChI=1S/C23H32N6O3S/c1-14(2)19(13-30)24-22-21-16(7-11-33(21)31)25-23(26-22)29-8-5-15(6-9-29)17-12-18(28-27-17)20-4-3-10-32-20/h3-4,10,14-15,17,19,27,30H,5-9,11-13H2,1-2H3,(H,24,25,26). The van der Waals surface area contributed by atoms with Crippen LogP contribution in [-0.4, -0.2) is 62.9 Å². The molecule has 3 N–H and O–H groups in total. The van der Waals surface area contributed by atoms with Crippen LogP contribution in [0.15, 0.2) is 32.8 Å². The SMILES string of the molecule is CC(C)C(CO)Nc1nc(N2CCC(C3CC(c4ccco4)=NN3)CC2)nc2c1[S+]([O-])CC2. The van der Waals surface area contributed by atoms with Crippen LogP contribution in [-0.2, 0) is 17.6 Å². The molecule has 0 radical (unpaired) electrons. The highest BCUT2D eigenvalue weighted by molar-refractivity contribution is 7.91. The smallest absolute Gasteiger partial charge is 0.227 e. The summed E-state index contributed by atoms with van der Waals surface area (Å²) in [5.41, 5.74) is 5.18. The summed E-state index contributed by atoms with van der Waals surface area (Å²) < 4.78 is 18.1. The van der Waals surface area contributed by atoms with Crippen LogP contribution < -0.4 is 15.6 Å². The first kappa shape index (κ1) is 22.5. The van der Waals surface area contributed by atoms with Gasteiger partial charge >= 0.3 is 0 Å². The molecule has 9 nitrogen and oxygen atoms in total. The fraction of sp³-hybridized carbons (Fsp3) is 0.609. The summed E-state index contributed by atoms with van der Waals surface area (Å²) in [6.07, 6.45) is 5.32. The molecule has 3 aliphatic heterocycles. The second-order valence-electron chi connectivity index (χ2n) is 9.43. The van der Waals surface area contributed by atoms with Crippen molar-refractivity contribution < 1.29 is 14.1 Å². The van der Waals surface area contributed by atoms with Gasteiger partial charge in [0.25, 0.3) is 0 Å². The van der Waals surface area contributed by atoms with Crippen molar-refractivity contribution in [3.8, 4) is 0 Å². The molecule has 5 rings (SSSR count). The number of hydrogen-bond acceptors (Lipinski definition) is 9. The van der Waals surface area contributed by atoms with Gasteiger partial charge in [-0.2, -0.15) is 10.1 Å². The molecule has 0 saturated carbocycles. The Kier molecular flexibility index (Phi) is 6.49. The third-order valence-corrected chi connectivity index (χ3v) is 8.43. The van der Waals surface area contributed by atoms with E-state index in [0.29, 0.717) is 40.8 Å². The number of aromatic nitrogens is 2. The van der Waals surface area contributed by atoms with E-state index in [1.54, 1.807) is 6.26 Å². The molecular weight excluding hydrogens is 440 g/mol. The third kappa shape index (κ3) is 4.56. The first-order valence-corrected chi connectivity index (χ1v) is 13.1. The molecular formula is C23H32N6O3S. The second-order valence-corrected chi connectivity index (χ2v) is 10.9. The van der Waals surface area contributed by atoms with E-state index >= 15 is 0 Å². The van der Waals surface area contributed by atoms with Gasteiger partial charge in [0.2, 0.25) is 10.8 Å². The second kappa shape index (κ2) is 9.52. The Morgan fingerprint density at radius 2 is 2.15 bits per heavy atom. The zero-order valence-corrected chi connectivity index (χ0v) is 20.0. The lowest BCUT2D eigenvalue weighted by molar-refractivity contribution is 0.248. The predicted molar refractivity (Wildman–Crippen MR) is 128 cm³/mol. The number of aliphatic hydroxyl groups excluding tert-OH is 1. The minimum Gasteiger partial charge on any atom is -0.611 e. The molecule has 0 bridgehead atoms. The predicted octanol–water partition coefficient (Wildman–Crippen LogP) is 2.14. The number of rotatable bonds is 7. The lowest BCUT2D eigenvalue weighted by Gasteiger charge is -2.35. The van der Waals surface area contributed by atoms with Crippen LogP contribution in [0.3, 0.4) is 0 Å². The normalized spacial score (nSPS) is 24.0. The van der Waals surface area contributed by atoms with Gasteiger partial charge in [0.15, 0.2) is 5.82 Å². The fourth-order valence-electron chi connectivity index (χ4n) is 4.85. The highest BCUT2D eigenvalue weighted by atomic mass is 32.2. The summed E-state index contributed by atoms with van der Waals surface area (Å²) in [6.45, 7) is 5.84. The molecule has 1 fully saturated rings. The van der Waals surface area contributed by atoms with Gasteiger partial charge in [-0.05, 0) is 48.0 Å². The van der Waals surface area contributed by atoms with Crippen LogP contribution in [0.2, 0.25) is 0 Å². The van der Waals surface area contributed by atoms with Crippen LogP contribution in [0.25, 0.3) is 0 Å². The van der Waals surface area contributed by atoms with Crippen molar-refractivity contribution in [2.24, 2.45) is 16.9 Å². The molecule has 3 unspecified atom stereocenters. The summed E-state index contributed by atoms with van der Waals surface area (Å²) in [4.78, 5) is 12.6. The number of aliphatic hydroxyl groups is 1. The average molecular weight is 473 g/mol. The number of anilines is 2. The van der Waals surface area contributed by atoms with E-state index in [1.807, 2.05) is 12.1 Å². The molecule has 2 aromatic heterocycles. The largest absolute Gasteiger partial charge is 0.611 e. The van der Waals surface area contributed by atoms with Crippen molar-refractivity contribution in [3.63, 3.8) is 0 Å². The van der Waals surface area contributed by atoms with Crippen LogP contribution in [0.4, 0.5) is 11.8 Å². The van der Waals surface area contributed by atoms with Gasteiger partial charge in [-0.15, -0.1) is 0 Å². The summed E-state index contributed by atoms with van der Waals surface area (Å²) >= 11 is -1.09. The van der Waals surface area contributed by atoms with Gasteiger partial charge in [0, 0.05) is 25.9 Å². The van der Waals surface area contributed by atoms with E-state index in [9.17, 15) is 9.66 Å². The summed E-state index contributed by atoms with van der Waals surface area (Å²) in [7, 11) is 0. The van der Waals surface area contributed by atoms with Gasteiger partial charge in [-0.3, -0.25) is 0 Å². The summed E-state index contributed by atoms with van der Waals surface area (Å²) in [5, 5.41) is 17.6. The lowest BCUT2D eigenvalue weighted by atomic mass is 9.87. The van der Waals surface area contributed by atoms with Crippen molar-refractivity contribution >= 4 is 28.7 Å². The Balaban J connectivity index is 1.26. The highest BCUT2D eigenvalue weighted by Crippen LogP contribution is 2.34. The minimum absolute atomic E-state index is 0.000256. The highest BCUT2D eigenvalue weighted by Gasteiger charge is 2.36. The van der Waals surface area contributed by atoms with Gasteiger partial charge in [-0.1, -0.05) is 13.8 Å². The van der Waals surface area contributed by atoms with Crippen molar-refractivity contribution in [2.75, 3.05) is 35.7 Å². The van der Waals surface area contributed by atoms with E-state index in [0.717, 1.165) is 49.5 Å². The number of furan rings is 1. The number of nitrogens with one attached hydrogen (secondary N) is 2. The maximum absolute atomic E-state index is 12.6. The van der Waals surface area contributed by atoms with Crippen molar-refractivity contribution in [1.82, 2.24) is 15.4 Å². The average Bonchev–Trinajstić information content (AvgIpc) is 3.58. The molecule has 0 aliphatic carbocycles. The monoisotopic (exact) mass is 472 g/mol. The molecule has 33 heavy (non-hydrogen) atoms. The first-order chi connectivity index (χ1) is 16.0. The van der Waals surface area contributed by atoms with Crippen molar-refractivity contribution in [2.45, 2.75) is 56.5 Å². The van der Waals surface area contributed by atoms with Crippen LogP contribution in [0.5, 0.6) is 0 Å². The molecule has 3 atom stereocenters. The Morgan fingerprint density at radius 3 is 2.85 bits per heavy atom. The van der Waals surface area contributed by atoms with E-state index in [1.165, 1.54) is 0 Å². The third-order valence-electron chi connectivity index (χ3n) is 6.98. The number of nitrogens with zero attached hydrogens (tertiary/aromatic N) is 4. The molecule has 178 valence electrons. The Hall–Kier alpha value is -2.30. The molecule has 3 aliphatic rings. The number of piperidine rings is 1. The maximum atomic E-state index is 12.6. The first-order valence-electron chi connectivity index (χ1n) is 11.8. The molecule has 2 aromatic rings. The zero-order valence-electron chi connectivity index (χ0n) is 19.2. The molecule has 10 heteroatoms. The number of hydrazone groups is 1. The quantitative estimate of drug-likeness (QED) is 0.524. The van der Waals surface area contributed by atoms with Crippen molar-refractivity contribution in [3.05, 3.63) is 29.9 Å². The zero-order chi connectivity index (χ0) is 22.9. The van der Waals surface area contributed by atoms with Gasteiger partial charge < -0.3 is 29.7 Å². The Bertz CT molecular complexity index is 990. The lowest BCUT2D eigenvalue weighted by Crippen LogP contribution is -2.41. The number of hydrogen-bond donors (Lipinski definition) is 3. The number of aryl methyl sites for hydroxylation is 1. The topological polar surface area (TPSA) is 122 Å².